The summed E-state index contributed by atoms with van der Waals surface area (Å²) in [5, 5.41) is 5.47. The summed E-state index contributed by atoms with van der Waals surface area (Å²) in [5.41, 5.74) is 0.119. The molecule has 8 nitrogen and oxygen atoms in total. The Morgan fingerprint density at radius 2 is 1.77 bits per heavy atom. The highest BCUT2D eigenvalue weighted by Gasteiger charge is 2.52. The summed E-state index contributed by atoms with van der Waals surface area (Å²) in [4.78, 5) is 39.4. The maximum Gasteiger partial charge on any atom is 0.326 e. The Bertz CT molecular complexity index is 963. The number of hydrogen-bond donors (Lipinski definition) is 2. The fourth-order valence-corrected chi connectivity index (χ4v) is 3.41. The van der Waals surface area contributed by atoms with E-state index in [2.05, 4.69) is 10.6 Å². The SMILES string of the molecule is COc1ccc(C2(C)NC(=O)N(C(C)C(=O)NCc3ccccc3)C2=O)cc1OC. The van der Waals surface area contributed by atoms with E-state index in [1.54, 1.807) is 25.1 Å². The third-order valence-electron chi connectivity index (χ3n) is 5.26. The van der Waals surface area contributed by atoms with Gasteiger partial charge in [0, 0.05) is 6.54 Å². The summed E-state index contributed by atoms with van der Waals surface area (Å²) < 4.78 is 10.5. The van der Waals surface area contributed by atoms with Gasteiger partial charge >= 0.3 is 6.03 Å². The van der Waals surface area contributed by atoms with Gasteiger partial charge in [-0.3, -0.25) is 9.59 Å². The fraction of sp³-hybridized carbons (Fsp3) is 0.318. The second-order valence-electron chi connectivity index (χ2n) is 7.18. The van der Waals surface area contributed by atoms with Crippen LogP contribution in [0.5, 0.6) is 11.5 Å². The van der Waals surface area contributed by atoms with E-state index in [1.807, 2.05) is 30.3 Å². The van der Waals surface area contributed by atoms with Gasteiger partial charge in [-0.05, 0) is 37.1 Å². The van der Waals surface area contributed by atoms with E-state index in [4.69, 9.17) is 9.47 Å². The molecule has 30 heavy (non-hydrogen) atoms. The van der Waals surface area contributed by atoms with E-state index < -0.39 is 29.4 Å². The van der Waals surface area contributed by atoms with E-state index in [9.17, 15) is 14.4 Å². The van der Waals surface area contributed by atoms with Gasteiger partial charge in [0.25, 0.3) is 5.91 Å². The van der Waals surface area contributed by atoms with Crippen LogP contribution in [0.2, 0.25) is 0 Å². The lowest BCUT2D eigenvalue weighted by Gasteiger charge is -2.25. The molecule has 1 aliphatic rings. The Morgan fingerprint density at radius 3 is 2.40 bits per heavy atom. The molecule has 0 spiro atoms. The van der Waals surface area contributed by atoms with Gasteiger partial charge in [-0.1, -0.05) is 36.4 Å². The van der Waals surface area contributed by atoms with Crippen molar-refractivity contribution < 1.29 is 23.9 Å². The number of amides is 4. The van der Waals surface area contributed by atoms with E-state index in [0.29, 0.717) is 23.6 Å². The molecule has 0 aromatic heterocycles. The van der Waals surface area contributed by atoms with Crippen LogP contribution in [0.15, 0.2) is 48.5 Å². The van der Waals surface area contributed by atoms with Crippen LogP contribution >= 0.6 is 0 Å². The molecule has 1 saturated heterocycles. The lowest BCUT2D eigenvalue weighted by atomic mass is 9.91. The Kier molecular flexibility index (Phi) is 5.96. The van der Waals surface area contributed by atoms with Crippen LogP contribution in [0, 0.1) is 0 Å². The standard InChI is InChI=1S/C22H25N3O5/c1-14(19(26)23-13-15-8-6-5-7-9-15)25-20(27)22(2,24-21(25)28)16-10-11-17(29-3)18(12-16)30-4/h5-12,14H,13H2,1-4H3,(H,23,26)(H,24,28). The summed E-state index contributed by atoms with van der Waals surface area (Å²) in [6.07, 6.45) is 0. The monoisotopic (exact) mass is 411 g/mol. The lowest BCUT2D eigenvalue weighted by Crippen LogP contribution is -2.49. The van der Waals surface area contributed by atoms with Gasteiger partial charge in [-0.25, -0.2) is 9.69 Å². The molecule has 0 bridgehead atoms. The summed E-state index contributed by atoms with van der Waals surface area (Å²) in [7, 11) is 3.00. The number of imide groups is 1. The minimum absolute atomic E-state index is 0.306. The highest BCUT2D eigenvalue weighted by Crippen LogP contribution is 2.35. The van der Waals surface area contributed by atoms with E-state index in [-0.39, 0.29) is 0 Å². The van der Waals surface area contributed by atoms with Crippen LogP contribution in [0.4, 0.5) is 4.79 Å². The molecule has 2 atom stereocenters. The maximum absolute atomic E-state index is 13.2. The van der Waals surface area contributed by atoms with Gasteiger partial charge in [-0.15, -0.1) is 0 Å². The molecule has 2 unspecified atom stereocenters. The molecule has 0 saturated carbocycles. The number of rotatable bonds is 7. The molecular weight excluding hydrogens is 386 g/mol. The van der Waals surface area contributed by atoms with Crippen molar-refractivity contribution in [1.82, 2.24) is 15.5 Å². The maximum atomic E-state index is 13.2. The van der Waals surface area contributed by atoms with Crippen molar-refractivity contribution in [2.24, 2.45) is 0 Å². The van der Waals surface area contributed by atoms with Gasteiger partial charge in [0.05, 0.1) is 14.2 Å². The number of carbonyl (C=O) groups excluding carboxylic acids is 3. The Hall–Kier alpha value is -3.55. The highest BCUT2D eigenvalue weighted by atomic mass is 16.5. The van der Waals surface area contributed by atoms with Crippen molar-refractivity contribution in [2.45, 2.75) is 32.0 Å². The number of urea groups is 1. The zero-order chi connectivity index (χ0) is 21.9. The number of benzene rings is 2. The first-order valence-electron chi connectivity index (χ1n) is 9.51. The van der Waals surface area contributed by atoms with Gasteiger partial charge in [0.1, 0.15) is 11.6 Å². The first-order valence-corrected chi connectivity index (χ1v) is 9.51. The van der Waals surface area contributed by atoms with Gasteiger partial charge < -0.3 is 20.1 Å². The van der Waals surface area contributed by atoms with Crippen LogP contribution < -0.4 is 20.1 Å². The molecule has 2 aromatic rings. The minimum atomic E-state index is -1.33. The molecular formula is C22H25N3O5. The molecule has 2 N–H and O–H groups in total. The van der Waals surface area contributed by atoms with Crippen LogP contribution in [-0.4, -0.2) is 43.0 Å². The molecule has 2 aromatic carbocycles. The number of nitrogens with zero attached hydrogens (tertiary/aromatic N) is 1. The van der Waals surface area contributed by atoms with Gasteiger partial charge in [0.2, 0.25) is 5.91 Å². The number of hydrogen-bond acceptors (Lipinski definition) is 5. The average molecular weight is 411 g/mol. The van der Waals surface area contributed by atoms with Crippen molar-refractivity contribution in [3.63, 3.8) is 0 Å². The molecule has 1 fully saturated rings. The largest absolute Gasteiger partial charge is 0.493 e. The molecule has 0 aliphatic carbocycles. The first kappa shape index (κ1) is 21.2. The molecule has 1 aliphatic heterocycles. The van der Waals surface area contributed by atoms with Gasteiger partial charge in [0.15, 0.2) is 11.5 Å². The van der Waals surface area contributed by atoms with E-state index >= 15 is 0 Å². The van der Waals surface area contributed by atoms with E-state index in [0.717, 1.165) is 10.5 Å². The summed E-state index contributed by atoms with van der Waals surface area (Å²) in [5.74, 6) is 0.0125. The Balaban J connectivity index is 1.78. The summed E-state index contributed by atoms with van der Waals surface area (Å²) >= 11 is 0. The molecule has 0 radical (unpaired) electrons. The number of nitrogens with one attached hydrogen (secondary N) is 2. The van der Waals surface area contributed by atoms with Crippen molar-refractivity contribution in [3.8, 4) is 11.5 Å². The molecule has 4 amide bonds. The van der Waals surface area contributed by atoms with Crippen molar-refractivity contribution in [1.29, 1.82) is 0 Å². The predicted molar refractivity (Wildman–Crippen MR) is 110 cm³/mol. The molecule has 1 heterocycles. The predicted octanol–water partition coefficient (Wildman–Crippen LogP) is 2.18. The smallest absolute Gasteiger partial charge is 0.326 e. The zero-order valence-corrected chi connectivity index (χ0v) is 17.4. The van der Waals surface area contributed by atoms with Crippen LogP contribution in [0.25, 0.3) is 0 Å². The topological polar surface area (TPSA) is 97.0 Å². The van der Waals surface area contributed by atoms with Gasteiger partial charge in [-0.2, -0.15) is 0 Å². The third-order valence-corrected chi connectivity index (χ3v) is 5.26. The molecule has 3 rings (SSSR count). The number of methoxy groups -OCH3 is 2. The summed E-state index contributed by atoms with van der Waals surface area (Å²) in [6, 6.07) is 12.8. The Morgan fingerprint density at radius 1 is 1.10 bits per heavy atom. The Labute approximate surface area is 175 Å². The van der Waals surface area contributed by atoms with E-state index in [1.165, 1.54) is 21.1 Å². The van der Waals surface area contributed by atoms with Crippen LogP contribution in [0.3, 0.4) is 0 Å². The number of carbonyl (C=O) groups is 3. The lowest BCUT2D eigenvalue weighted by molar-refractivity contribution is -0.137. The minimum Gasteiger partial charge on any atom is -0.493 e. The second-order valence-corrected chi connectivity index (χ2v) is 7.18. The normalized spacial score (nSPS) is 19.3. The number of ether oxygens (including phenoxy) is 2. The van der Waals surface area contributed by atoms with Crippen molar-refractivity contribution in [2.75, 3.05) is 14.2 Å². The van der Waals surface area contributed by atoms with Crippen LogP contribution in [0.1, 0.15) is 25.0 Å². The van der Waals surface area contributed by atoms with Crippen LogP contribution in [-0.2, 0) is 21.7 Å². The first-order chi connectivity index (χ1) is 14.3. The quantitative estimate of drug-likeness (QED) is 0.681. The zero-order valence-electron chi connectivity index (χ0n) is 17.4. The van der Waals surface area contributed by atoms with Crippen molar-refractivity contribution >= 4 is 17.8 Å². The highest BCUT2D eigenvalue weighted by molar-refractivity contribution is 6.10. The molecule has 8 heteroatoms. The fourth-order valence-electron chi connectivity index (χ4n) is 3.41. The molecule has 158 valence electrons. The van der Waals surface area contributed by atoms with Crippen molar-refractivity contribution in [3.05, 3.63) is 59.7 Å². The third kappa shape index (κ3) is 3.80. The second kappa shape index (κ2) is 8.44. The summed E-state index contributed by atoms with van der Waals surface area (Å²) in [6.45, 7) is 3.43. The average Bonchev–Trinajstić information content (AvgIpc) is 3.00.